The summed E-state index contributed by atoms with van der Waals surface area (Å²) in [6.07, 6.45) is 0.443. The van der Waals surface area contributed by atoms with E-state index >= 15 is 0 Å². The van der Waals surface area contributed by atoms with E-state index in [0.717, 1.165) is 11.1 Å². The molecule has 0 N–H and O–H groups in total. The second kappa shape index (κ2) is 5.49. The van der Waals surface area contributed by atoms with Gasteiger partial charge in [-0.25, -0.2) is 0 Å². The van der Waals surface area contributed by atoms with Crippen LogP contribution in [0.5, 0.6) is 0 Å². The van der Waals surface area contributed by atoms with Crippen LogP contribution in [0.4, 0.5) is 0 Å². The van der Waals surface area contributed by atoms with Crippen LogP contribution in [0.1, 0.15) is 31.9 Å². The van der Waals surface area contributed by atoms with E-state index in [4.69, 9.17) is 11.6 Å². The summed E-state index contributed by atoms with van der Waals surface area (Å²) < 4.78 is 0. The Hall–Kier alpha value is -0.820. The topological polar surface area (TPSA) is 17.1 Å². The van der Waals surface area contributed by atoms with Crippen molar-refractivity contribution in [3.63, 3.8) is 0 Å². The van der Waals surface area contributed by atoms with Crippen LogP contribution in [0.15, 0.2) is 18.2 Å². The van der Waals surface area contributed by atoms with Crippen molar-refractivity contribution >= 4 is 17.4 Å². The molecule has 0 saturated heterocycles. The minimum Gasteiger partial charge on any atom is -0.299 e. The quantitative estimate of drug-likeness (QED) is 0.774. The first-order valence-corrected chi connectivity index (χ1v) is 6.07. The summed E-state index contributed by atoms with van der Waals surface area (Å²) in [5.74, 6) is 0.745. The summed E-state index contributed by atoms with van der Waals surface area (Å²) in [7, 11) is 0. The lowest BCUT2D eigenvalue weighted by Crippen LogP contribution is -2.18. The molecule has 0 aliphatic heterocycles. The van der Waals surface area contributed by atoms with E-state index in [1.54, 1.807) is 0 Å². The van der Waals surface area contributed by atoms with E-state index in [0.29, 0.717) is 17.4 Å². The average molecular weight is 239 g/mol. The molecule has 2 heteroatoms. The molecule has 1 atom stereocenters. The lowest BCUT2D eigenvalue weighted by atomic mass is 9.90. The zero-order chi connectivity index (χ0) is 12.3. The minimum absolute atomic E-state index is 0.0948. The second-order valence-electron chi connectivity index (χ2n) is 4.77. The van der Waals surface area contributed by atoms with Crippen LogP contribution in [0, 0.1) is 18.8 Å². The molecule has 0 bridgehead atoms. The van der Waals surface area contributed by atoms with Crippen molar-refractivity contribution in [1.82, 2.24) is 0 Å². The Morgan fingerprint density at radius 2 is 1.94 bits per heavy atom. The predicted octanol–water partition coefficient (Wildman–Crippen LogP) is 4.05. The molecular weight excluding hydrogens is 220 g/mol. The Morgan fingerprint density at radius 1 is 1.31 bits per heavy atom. The number of carbonyl (C=O) groups excluding carboxylic acids is 1. The Kier molecular flexibility index (Phi) is 4.55. The summed E-state index contributed by atoms with van der Waals surface area (Å²) in [4.78, 5) is 11.9. The first kappa shape index (κ1) is 13.2. The number of carbonyl (C=O) groups is 1. The third-order valence-corrected chi connectivity index (χ3v) is 3.43. The molecule has 0 spiro atoms. The number of hydrogen-bond acceptors (Lipinski definition) is 1. The lowest BCUT2D eigenvalue weighted by Gasteiger charge is -2.14. The van der Waals surface area contributed by atoms with Gasteiger partial charge in [0.15, 0.2) is 0 Å². The van der Waals surface area contributed by atoms with Gasteiger partial charge in [-0.2, -0.15) is 0 Å². The number of ketones is 1. The van der Waals surface area contributed by atoms with E-state index < -0.39 is 0 Å². The van der Waals surface area contributed by atoms with Crippen LogP contribution >= 0.6 is 11.6 Å². The molecule has 88 valence electrons. The van der Waals surface area contributed by atoms with Gasteiger partial charge in [-0.3, -0.25) is 4.79 Å². The van der Waals surface area contributed by atoms with Crippen LogP contribution in [0.25, 0.3) is 0 Å². The van der Waals surface area contributed by atoms with Gasteiger partial charge < -0.3 is 0 Å². The van der Waals surface area contributed by atoms with Gasteiger partial charge in [0, 0.05) is 17.4 Å². The molecule has 0 heterocycles. The fourth-order valence-electron chi connectivity index (χ4n) is 1.52. The van der Waals surface area contributed by atoms with Crippen LogP contribution in [-0.2, 0) is 11.2 Å². The number of halogens is 1. The van der Waals surface area contributed by atoms with Crippen molar-refractivity contribution in [3.05, 3.63) is 34.3 Å². The SMILES string of the molecule is Cc1ccc(CC(=O)C(C)C(C)C)c(Cl)c1. The Bertz CT molecular complexity index is 382. The highest BCUT2D eigenvalue weighted by molar-refractivity contribution is 6.31. The summed E-state index contributed by atoms with van der Waals surface area (Å²) in [6, 6.07) is 5.85. The van der Waals surface area contributed by atoms with Gasteiger partial charge in [0.25, 0.3) is 0 Å². The van der Waals surface area contributed by atoms with Gasteiger partial charge in [-0.05, 0) is 30.0 Å². The monoisotopic (exact) mass is 238 g/mol. The normalized spacial score (nSPS) is 12.9. The van der Waals surface area contributed by atoms with Crippen LogP contribution in [-0.4, -0.2) is 5.78 Å². The van der Waals surface area contributed by atoms with E-state index in [-0.39, 0.29) is 11.7 Å². The van der Waals surface area contributed by atoms with Crippen LogP contribution in [0.2, 0.25) is 5.02 Å². The van der Waals surface area contributed by atoms with E-state index in [2.05, 4.69) is 13.8 Å². The number of hydrogen-bond donors (Lipinski definition) is 0. The van der Waals surface area contributed by atoms with Crippen LogP contribution in [0.3, 0.4) is 0 Å². The van der Waals surface area contributed by atoms with Crippen molar-refractivity contribution in [2.45, 2.75) is 34.1 Å². The molecule has 0 aliphatic carbocycles. The van der Waals surface area contributed by atoms with E-state index in [1.165, 1.54) is 0 Å². The van der Waals surface area contributed by atoms with Crippen LogP contribution < -0.4 is 0 Å². The fraction of sp³-hybridized carbons (Fsp3) is 0.500. The molecule has 1 unspecified atom stereocenters. The lowest BCUT2D eigenvalue weighted by molar-refractivity contribution is -0.122. The predicted molar refractivity (Wildman–Crippen MR) is 68.9 cm³/mol. The Morgan fingerprint density at radius 3 is 2.44 bits per heavy atom. The maximum absolute atomic E-state index is 11.9. The molecular formula is C14H19ClO. The van der Waals surface area contributed by atoms with Gasteiger partial charge in [0.1, 0.15) is 5.78 Å². The second-order valence-corrected chi connectivity index (χ2v) is 5.18. The maximum atomic E-state index is 11.9. The van der Waals surface area contributed by atoms with Gasteiger partial charge >= 0.3 is 0 Å². The molecule has 1 rings (SSSR count). The third kappa shape index (κ3) is 3.34. The zero-order valence-electron chi connectivity index (χ0n) is 10.4. The first-order valence-electron chi connectivity index (χ1n) is 5.69. The first-order chi connectivity index (χ1) is 7.41. The van der Waals surface area contributed by atoms with Gasteiger partial charge in [-0.15, -0.1) is 0 Å². The summed E-state index contributed by atoms with van der Waals surface area (Å²) >= 11 is 6.11. The molecule has 1 aromatic carbocycles. The van der Waals surface area contributed by atoms with Gasteiger partial charge in [0.05, 0.1) is 0 Å². The van der Waals surface area contributed by atoms with Crippen molar-refractivity contribution in [2.75, 3.05) is 0 Å². The summed E-state index contributed by atoms with van der Waals surface area (Å²) in [6.45, 7) is 8.11. The molecule has 1 aromatic rings. The third-order valence-electron chi connectivity index (χ3n) is 3.08. The molecule has 0 fully saturated rings. The number of benzene rings is 1. The van der Waals surface area contributed by atoms with Gasteiger partial charge in [0.2, 0.25) is 0 Å². The van der Waals surface area contributed by atoms with E-state index in [9.17, 15) is 4.79 Å². The summed E-state index contributed by atoms with van der Waals surface area (Å²) in [5, 5.41) is 0.698. The zero-order valence-corrected chi connectivity index (χ0v) is 11.1. The largest absolute Gasteiger partial charge is 0.299 e. The van der Waals surface area contributed by atoms with Gasteiger partial charge in [-0.1, -0.05) is 44.5 Å². The Balaban J connectivity index is 2.77. The molecule has 0 saturated carbocycles. The highest BCUT2D eigenvalue weighted by Crippen LogP contribution is 2.21. The molecule has 1 nitrogen and oxygen atoms in total. The fourth-order valence-corrected chi connectivity index (χ4v) is 1.82. The smallest absolute Gasteiger partial charge is 0.140 e. The van der Waals surface area contributed by atoms with Crippen molar-refractivity contribution < 1.29 is 4.79 Å². The number of rotatable bonds is 4. The molecule has 0 aromatic heterocycles. The molecule has 16 heavy (non-hydrogen) atoms. The van der Waals surface area contributed by atoms with Crippen molar-refractivity contribution in [1.29, 1.82) is 0 Å². The average Bonchev–Trinajstić information content (AvgIpc) is 2.20. The summed E-state index contributed by atoms with van der Waals surface area (Å²) in [5.41, 5.74) is 2.06. The molecule has 0 amide bonds. The number of Topliss-reactive ketones (excluding diaryl/α,β-unsaturated/α-hetero) is 1. The minimum atomic E-state index is 0.0948. The molecule has 0 aliphatic rings. The number of aryl methyl sites for hydroxylation is 1. The highest BCUT2D eigenvalue weighted by Gasteiger charge is 2.17. The standard InChI is InChI=1S/C14H19ClO/c1-9(2)11(4)14(16)8-12-6-5-10(3)7-13(12)15/h5-7,9,11H,8H2,1-4H3. The van der Waals surface area contributed by atoms with Crippen molar-refractivity contribution in [2.24, 2.45) is 11.8 Å². The Labute approximate surface area is 103 Å². The molecule has 0 radical (unpaired) electrons. The maximum Gasteiger partial charge on any atom is 0.140 e. The van der Waals surface area contributed by atoms with E-state index in [1.807, 2.05) is 32.0 Å². The highest BCUT2D eigenvalue weighted by atomic mass is 35.5. The van der Waals surface area contributed by atoms with Crippen molar-refractivity contribution in [3.8, 4) is 0 Å².